The molecule has 2 rings (SSSR count). The van der Waals surface area contributed by atoms with E-state index in [1.807, 2.05) is 0 Å². The van der Waals surface area contributed by atoms with E-state index < -0.39 is 38.7 Å². The van der Waals surface area contributed by atoms with Gasteiger partial charge in [-0.1, -0.05) is 0 Å². The van der Waals surface area contributed by atoms with Crippen LogP contribution in [0.4, 0.5) is 18.9 Å². The maximum absolute atomic E-state index is 12.8. The molecular weight excluding hydrogens is 325 g/mol. The molecule has 0 radical (unpaired) electrons. The van der Waals surface area contributed by atoms with Crippen LogP contribution in [-0.4, -0.2) is 33.2 Å². The third-order valence-corrected chi connectivity index (χ3v) is 4.60. The molecule has 0 bridgehead atoms. The van der Waals surface area contributed by atoms with Crippen LogP contribution in [-0.2, 0) is 21.0 Å². The van der Waals surface area contributed by atoms with Gasteiger partial charge in [0.2, 0.25) is 15.9 Å². The van der Waals surface area contributed by atoms with Gasteiger partial charge in [0.1, 0.15) is 11.0 Å². The van der Waals surface area contributed by atoms with Crippen LogP contribution in [0.3, 0.4) is 0 Å². The Kier molecular flexibility index (Phi) is 4.09. The number of amides is 1. The van der Waals surface area contributed by atoms with Crippen molar-refractivity contribution in [1.29, 1.82) is 0 Å². The van der Waals surface area contributed by atoms with Crippen molar-refractivity contribution in [3.63, 3.8) is 0 Å². The van der Waals surface area contributed by atoms with Crippen molar-refractivity contribution in [3.8, 4) is 5.75 Å². The zero-order valence-corrected chi connectivity index (χ0v) is 12.2. The SMILES string of the molecule is COc1cc(N2CC(S(N)(=O)=O)CC2=O)ccc1C(F)(F)F. The number of carbonyl (C=O) groups is 1. The molecule has 10 heteroatoms. The molecule has 1 aliphatic heterocycles. The first kappa shape index (κ1) is 16.6. The molecule has 1 amide bonds. The first-order valence-corrected chi connectivity index (χ1v) is 7.72. The standard InChI is InChI=1S/C12H13F3N2O4S/c1-21-10-4-7(2-3-9(10)12(13,14)15)17-6-8(5-11(17)18)22(16,19)20/h2-4,8H,5-6H2,1H3,(H2,16,19,20). The van der Waals surface area contributed by atoms with Gasteiger partial charge < -0.3 is 9.64 Å². The van der Waals surface area contributed by atoms with Gasteiger partial charge in [0.05, 0.1) is 12.7 Å². The van der Waals surface area contributed by atoms with Crippen molar-refractivity contribution in [1.82, 2.24) is 0 Å². The van der Waals surface area contributed by atoms with Gasteiger partial charge in [-0.3, -0.25) is 4.79 Å². The molecule has 0 aliphatic carbocycles. The fourth-order valence-corrected chi connectivity index (χ4v) is 2.96. The highest BCUT2D eigenvalue weighted by Gasteiger charge is 2.39. The number of nitrogens with zero attached hydrogens (tertiary/aromatic N) is 1. The third-order valence-electron chi connectivity index (χ3n) is 3.36. The number of benzene rings is 1. The molecule has 2 N–H and O–H groups in total. The second-order valence-electron chi connectivity index (χ2n) is 4.80. The summed E-state index contributed by atoms with van der Waals surface area (Å²) in [6, 6.07) is 2.92. The average molecular weight is 338 g/mol. The van der Waals surface area contributed by atoms with Crippen LogP contribution in [0.1, 0.15) is 12.0 Å². The van der Waals surface area contributed by atoms with Crippen LogP contribution in [0, 0.1) is 0 Å². The molecule has 1 unspecified atom stereocenters. The van der Waals surface area contributed by atoms with Gasteiger partial charge in [-0.25, -0.2) is 13.6 Å². The first-order valence-electron chi connectivity index (χ1n) is 6.11. The number of ether oxygens (including phenoxy) is 1. The van der Waals surface area contributed by atoms with E-state index in [0.29, 0.717) is 0 Å². The number of primary sulfonamides is 1. The van der Waals surface area contributed by atoms with Gasteiger partial charge in [0, 0.05) is 24.7 Å². The van der Waals surface area contributed by atoms with Crippen LogP contribution in [0.15, 0.2) is 18.2 Å². The zero-order valence-electron chi connectivity index (χ0n) is 11.4. The summed E-state index contributed by atoms with van der Waals surface area (Å²) in [5, 5.41) is 3.92. The highest BCUT2D eigenvalue weighted by molar-refractivity contribution is 7.89. The van der Waals surface area contributed by atoms with Crippen molar-refractivity contribution < 1.29 is 31.1 Å². The minimum Gasteiger partial charge on any atom is -0.496 e. The summed E-state index contributed by atoms with van der Waals surface area (Å²) in [5.74, 6) is -0.974. The average Bonchev–Trinajstić information content (AvgIpc) is 2.79. The number of carbonyl (C=O) groups excluding carboxylic acids is 1. The van der Waals surface area contributed by atoms with E-state index in [0.717, 1.165) is 30.2 Å². The lowest BCUT2D eigenvalue weighted by Gasteiger charge is -2.19. The molecule has 6 nitrogen and oxygen atoms in total. The third kappa shape index (κ3) is 3.17. The maximum atomic E-state index is 12.8. The van der Waals surface area contributed by atoms with Crippen LogP contribution in [0.25, 0.3) is 0 Å². The second kappa shape index (κ2) is 5.43. The number of rotatable bonds is 3. The van der Waals surface area contributed by atoms with Gasteiger partial charge in [0.25, 0.3) is 0 Å². The lowest BCUT2D eigenvalue weighted by atomic mass is 10.1. The summed E-state index contributed by atoms with van der Waals surface area (Å²) in [7, 11) is -2.82. The first-order chi connectivity index (χ1) is 10.0. The molecular formula is C12H13F3N2O4S. The van der Waals surface area contributed by atoms with E-state index in [9.17, 15) is 26.4 Å². The Labute approximate surface area is 124 Å². The van der Waals surface area contributed by atoms with Crippen LogP contribution < -0.4 is 14.8 Å². The molecule has 0 aromatic heterocycles. The molecule has 122 valence electrons. The van der Waals surface area contributed by atoms with Gasteiger partial charge >= 0.3 is 6.18 Å². The highest BCUT2D eigenvalue weighted by Crippen LogP contribution is 2.39. The molecule has 0 spiro atoms. The fourth-order valence-electron chi connectivity index (χ4n) is 2.23. The number of hydrogen-bond donors (Lipinski definition) is 1. The largest absolute Gasteiger partial charge is 0.496 e. The number of halogens is 3. The van der Waals surface area contributed by atoms with E-state index in [4.69, 9.17) is 9.88 Å². The van der Waals surface area contributed by atoms with Gasteiger partial charge in [-0.05, 0) is 12.1 Å². The molecule has 1 aromatic carbocycles. The van der Waals surface area contributed by atoms with E-state index in [1.165, 1.54) is 0 Å². The Morgan fingerprint density at radius 1 is 1.36 bits per heavy atom. The fraction of sp³-hybridized carbons (Fsp3) is 0.417. The minimum absolute atomic E-state index is 0.126. The predicted molar refractivity (Wildman–Crippen MR) is 71.9 cm³/mol. The van der Waals surface area contributed by atoms with Crippen LogP contribution >= 0.6 is 0 Å². The van der Waals surface area contributed by atoms with Gasteiger partial charge in [-0.15, -0.1) is 0 Å². The summed E-state index contributed by atoms with van der Waals surface area (Å²) in [4.78, 5) is 12.9. The number of hydrogen-bond acceptors (Lipinski definition) is 4. The number of methoxy groups -OCH3 is 1. The Morgan fingerprint density at radius 3 is 2.45 bits per heavy atom. The molecule has 0 saturated carbocycles. The van der Waals surface area contributed by atoms with Crippen LogP contribution in [0.5, 0.6) is 5.75 Å². The summed E-state index contributed by atoms with van der Waals surface area (Å²) < 4.78 is 65.6. The van der Waals surface area contributed by atoms with Crippen molar-refractivity contribution in [2.24, 2.45) is 5.14 Å². The van der Waals surface area contributed by atoms with E-state index in [1.54, 1.807) is 0 Å². The molecule has 1 fully saturated rings. The summed E-state index contributed by atoms with van der Waals surface area (Å²) in [6.07, 6.45) is -4.90. The van der Waals surface area contributed by atoms with Gasteiger partial charge in [0.15, 0.2) is 0 Å². The highest BCUT2D eigenvalue weighted by atomic mass is 32.2. The number of sulfonamides is 1. The van der Waals surface area contributed by atoms with Crippen molar-refractivity contribution in [3.05, 3.63) is 23.8 Å². The monoisotopic (exact) mass is 338 g/mol. The Balaban J connectivity index is 2.37. The smallest absolute Gasteiger partial charge is 0.419 e. The number of anilines is 1. The molecule has 22 heavy (non-hydrogen) atoms. The molecule has 1 atom stereocenters. The molecule has 1 saturated heterocycles. The zero-order chi connectivity index (χ0) is 16.7. The predicted octanol–water partition coefficient (Wildman–Crippen LogP) is 1.11. The summed E-state index contributed by atoms with van der Waals surface area (Å²) >= 11 is 0. The molecule has 1 aliphatic rings. The van der Waals surface area contributed by atoms with Crippen LogP contribution in [0.2, 0.25) is 0 Å². The normalized spacial score (nSPS) is 19.6. The topological polar surface area (TPSA) is 89.7 Å². The number of alkyl halides is 3. The van der Waals surface area contributed by atoms with E-state index >= 15 is 0 Å². The summed E-state index contributed by atoms with van der Waals surface area (Å²) in [6.45, 7) is -0.202. The molecule has 1 aromatic rings. The Bertz CT molecular complexity index is 703. The van der Waals surface area contributed by atoms with E-state index in [-0.39, 0.29) is 18.7 Å². The minimum atomic E-state index is -4.60. The lowest BCUT2D eigenvalue weighted by molar-refractivity contribution is -0.138. The Hall–Kier alpha value is -1.81. The summed E-state index contributed by atoms with van der Waals surface area (Å²) in [5.41, 5.74) is -0.852. The second-order valence-corrected chi connectivity index (χ2v) is 6.65. The quantitative estimate of drug-likeness (QED) is 0.894. The molecule has 1 heterocycles. The maximum Gasteiger partial charge on any atom is 0.419 e. The Morgan fingerprint density at radius 2 is 2.00 bits per heavy atom. The van der Waals surface area contributed by atoms with E-state index in [2.05, 4.69) is 0 Å². The lowest BCUT2D eigenvalue weighted by Crippen LogP contribution is -2.32. The van der Waals surface area contributed by atoms with Crippen molar-refractivity contribution >= 4 is 21.6 Å². The van der Waals surface area contributed by atoms with Crippen molar-refractivity contribution in [2.45, 2.75) is 17.8 Å². The van der Waals surface area contributed by atoms with Gasteiger partial charge in [-0.2, -0.15) is 13.2 Å². The number of nitrogens with two attached hydrogens (primary N) is 1. The van der Waals surface area contributed by atoms with Crippen molar-refractivity contribution in [2.75, 3.05) is 18.6 Å².